The molecule has 3 rings (SSSR count). The minimum atomic E-state index is 0.726. The molecule has 1 aliphatic heterocycles. The van der Waals surface area contributed by atoms with Crippen molar-refractivity contribution < 1.29 is 4.74 Å². The zero-order valence-corrected chi connectivity index (χ0v) is 11.7. The normalized spacial score (nSPS) is 16.4. The molecule has 1 saturated heterocycles. The minimum absolute atomic E-state index is 0.726. The smallest absolute Gasteiger partial charge is 0.213 e. The van der Waals surface area contributed by atoms with E-state index >= 15 is 0 Å². The third-order valence-corrected chi connectivity index (χ3v) is 3.65. The number of nitrogens with one attached hydrogen (secondary N) is 1. The van der Waals surface area contributed by atoms with E-state index in [0.29, 0.717) is 0 Å². The van der Waals surface area contributed by atoms with Gasteiger partial charge in [0.1, 0.15) is 0 Å². The van der Waals surface area contributed by atoms with Gasteiger partial charge in [-0.25, -0.2) is 4.98 Å². The summed E-state index contributed by atoms with van der Waals surface area (Å²) in [6.07, 6.45) is 1.05. The van der Waals surface area contributed by atoms with Gasteiger partial charge in [0.15, 0.2) is 0 Å². The summed E-state index contributed by atoms with van der Waals surface area (Å²) in [5.74, 6) is 0.726. The number of benzene rings is 1. The lowest BCUT2D eigenvalue weighted by atomic mass is 10.2. The predicted molar refractivity (Wildman–Crippen MR) is 81.2 cm³/mol. The van der Waals surface area contributed by atoms with Crippen LogP contribution in [0.1, 0.15) is 6.42 Å². The Morgan fingerprint density at radius 2 is 1.95 bits per heavy atom. The number of piperazine rings is 1. The Morgan fingerprint density at radius 3 is 2.85 bits per heavy atom. The maximum atomic E-state index is 5.75. The van der Waals surface area contributed by atoms with Gasteiger partial charge in [-0.05, 0) is 18.6 Å². The van der Waals surface area contributed by atoms with Gasteiger partial charge in [0.2, 0.25) is 5.88 Å². The molecule has 4 heteroatoms. The molecule has 0 saturated carbocycles. The molecule has 1 N–H and O–H groups in total. The molecule has 0 unspecified atom stereocenters. The van der Waals surface area contributed by atoms with E-state index in [1.165, 1.54) is 0 Å². The van der Waals surface area contributed by atoms with Crippen molar-refractivity contribution in [3.8, 4) is 5.88 Å². The summed E-state index contributed by atoms with van der Waals surface area (Å²) < 4.78 is 5.75. The molecule has 2 aromatic rings. The monoisotopic (exact) mass is 271 g/mol. The summed E-state index contributed by atoms with van der Waals surface area (Å²) in [7, 11) is 0. The van der Waals surface area contributed by atoms with E-state index in [1.807, 2.05) is 24.3 Å². The average Bonchev–Trinajstić information content (AvgIpc) is 2.52. The fourth-order valence-corrected chi connectivity index (χ4v) is 2.53. The first-order valence-electron chi connectivity index (χ1n) is 7.33. The van der Waals surface area contributed by atoms with Crippen LogP contribution in [-0.2, 0) is 0 Å². The van der Waals surface area contributed by atoms with Gasteiger partial charge in [0, 0.05) is 44.2 Å². The Morgan fingerprint density at radius 1 is 1.10 bits per heavy atom. The van der Waals surface area contributed by atoms with E-state index in [9.17, 15) is 0 Å². The van der Waals surface area contributed by atoms with Crippen LogP contribution in [-0.4, -0.2) is 49.2 Å². The van der Waals surface area contributed by atoms with Crippen molar-refractivity contribution in [2.75, 3.05) is 39.3 Å². The topological polar surface area (TPSA) is 37.4 Å². The minimum Gasteiger partial charge on any atom is -0.478 e. The third kappa shape index (κ3) is 3.46. The number of para-hydroxylation sites is 1. The Bertz CT molecular complexity index is 552. The van der Waals surface area contributed by atoms with Crippen LogP contribution in [0.15, 0.2) is 36.4 Å². The summed E-state index contributed by atoms with van der Waals surface area (Å²) in [4.78, 5) is 6.99. The van der Waals surface area contributed by atoms with Crippen molar-refractivity contribution >= 4 is 10.9 Å². The van der Waals surface area contributed by atoms with Crippen molar-refractivity contribution in [1.29, 1.82) is 0 Å². The van der Waals surface area contributed by atoms with Crippen LogP contribution in [0.4, 0.5) is 0 Å². The van der Waals surface area contributed by atoms with Crippen molar-refractivity contribution in [1.82, 2.24) is 15.2 Å². The number of pyridine rings is 1. The quantitative estimate of drug-likeness (QED) is 0.843. The molecule has 1 aliphatic rings. The molecular weight excluding hydrogens is 250 g/mol. The maximum absolute atomic E-state index is 5.75. The van der Waals surface area contributed by atoms with Crippen molar-refractivity contribution in [2.24, 2.45) is 0 Å². The van der Waals surface area contributed by atoms with Crippen LogP contribution in [0.25, 0.3) is 10.9 Å². The molecule has 20 heavy (non-hydrogen) atoms. The fraction of sp³-hybridized carbons (Fsp3) is 0.438. The lowest BCUT2D eigenvalue weighted by molar-refractivity contribution is 0.212. The lowest BCUT2D eigenvalue weighted by Crippen LogP contribution is -2.43. The first-order valence-corrected chi connectivity index (χ1v) is 7.33. The van der Waals surface area contributed by atoms with Gasteiger partial charge < -0.3 is 15.0 Å². The van der Waals surface area contributed by atoms with Crippen LogP contribution in [0.2, 0.25) is 0 Å². The largest absolute Gasteiger partial charge is 0.478 e. The second kappa shape index (κ2) is 6.68. The summed E-state index contributed by atoms with van der Waals surface area (Å²) >= 11 is 0. The molecule has 0 atom stereocenters. The Hall–Kier alpha value is -1.65. The number of ether oxygens (including phenoxy) is 1. The van der Waals surface area contributed by atoms with E-state index in [4.69, 9.17) is 4.74 Å². The second-order valence-electron chi connectivity index (χ2n) is 5.14. The van der Waals surface area contributed by atoms with Crippen LogP contribution in [0, 0.1) is 0 Å². The molecule has 0 radical (unpaired) electrons. The van der Waals surface area contributed by atoms with Gasteiger partial charge in [0.25, 0.3) is 0 Å². The van der Waals surface area contributed by atoms with Gasteiger partial charge in [-0.3, -0.25) is 0 Å². The Labute approximate surface area is 119 Å². The number of nitrogens with zero attached hydrogens (tertiary/aromatic N) is 2. The predicted octanol–water partition coefficient (Wildman–Crippen LogP) is 1.91. The number of aromatic nitrogens is 1. The number of hydrogen-bond acceptors (Lipinski definition) is 4. The first-order chi connectivity index (χ1) is 9.92. The fourth-order valence-electron chi connectivity index (χ4n) is 2.53. The molecular formula is C16H21N3O. The average molecular weight is 271 g/mol. The molecule has 106 valence electrons. The van der Waals surface area contributed by atoms with Crippen LogP contribution >= 0.6 is 0 Å². The molecule has 0 amide bonds. The van der Waals surface area contributed by atoms with E-state index in [1.54, 1.807) is 0 Å². The number of fused-ring (bicyclic) bond motifs is 1. The lowest BCUT2D eigenvalue weighted by Gasteiger charge is -2.26. The molecule has 0 bridgehead atoms. The number of rotatable bonds is 5. The highest BCUT2D eigenvalue weighted by molar-refractivity contribution is 5.78. The van der Waals surface area contributed by atoms with Crippen molar-refractivity contribution in [3.05, 3.63) is 36.4 Å². The second-order valence-corrected chi connectivity index (χ2v) is 5.14. The van der Waals surface area contributed by atoms with Crippen LogP contribution < -0.4 is 10.1 Å². The molecule has 1 aromatic carbocycles. The summed E-state index contributed by atoms with van der Waals surface area (Å²) in [6.45, 7) is 6.34. The zero-order valence-electron chi connectivity index (χ0n) is 11.7. The molecule has 0 spiro atoms. The molecule has 1 aromatic heterocycles. The van der Waals surface area contributed by atoms with Gasteiger partial charge in [-0.2, -0.15) is 0 Å². The highest BCUT2D eigenvalue weighted by Gasteiger charge is 2.08. The van der Waals surface area contributed by atoms with E-state index < -0.39 is 0 Å². The van der Waals surface area contributed by atoms with E-state index in [0.717, 1.165) is 62.5 Å². The van der Waals surface area contributed by atoms with E-state index in [-0.39, 0.29) is 0 Å². The Kier molecular flexibility index (Phi) is 4.46. The molecule has 4 nitrogen and oxygen atoms in total. The van der Waals surface area contributed by atoms with Crippen LogP contribution in [0.3, 0.4) is 0 Å². The van der Waals surface area contributed by atoms with Gasteiger partial charge in [-0.15, -0.1) is 0 Å². The van der Waals surface area contributed by atoms with Gasteiger partial charge >= 0.3 is 0 Å². The third-order valence-electron chi connectivity index (χ3n) is 3.65. The molecule has 1 fully saturated rings. The molecule has 2 heterocycles. The highest BCUT2D eigenvalue weighted by Crippen LogP contribution is 2.16. The maximum Gasteiger partial charge on any atom is 0.213 e. The van der Waals surface area contributed by atoms with Gasteiger partial charge in [-0.1, -0.05) is 18.2 Å². The van der Waals surface area contributed by atoms with E-state index in [2.05, 4.69) is 27.3 Å². The standard InChI is InChI=1S/C16H21N3O/c1-2-5-15-14(4-1)6-7-16(18-15)20-13-3-10-19-11-8-17-9-12-19/h1-2,4-7,17H,3,8-13H2. The van der Waals surface area contributed by atoms with Gasteiger partial charge in [0.05, 0.1) is 12.1 Å². The summed E-state index contributed by atoms with van der Waals surface area (Å²) in [6, 6.07) is 12.1. The SMILES string of the molecule is c1ccc2nc(OCCCN3CCNCC3)ccc2c1. The summed E-state index contributed by atoms with van der Waals surface area (Å²) in [5, 5.41) is 4.52. The van der Waals surface area contributed by atoms with Crippen LogP contribution in [0.5, 0.6) is 5.88 Å². The molecule has 0 aliphatic carbocycles. The summed E-state index contributed by atoms with van der Waals surface area (Å²) in [5.41, 5.74) is 0.993. The first kappa shape index (κ1) is 13.3. The highest BCUT2D eigenvalue weighted by atomic mass is 16.5. The zero-order chi connectivity index (χ0) is 13.6. The number of hydrogen-bond donors (Lipinski definition) is 1. The van der Waals surface area contributed by atoms with Crippen molar-refractivity contribution in [2.45, 2.75) is 6.42 Å². The Balaban J connectivity index is 1.47. The van der Waals surface area contributed by atoms with Crippen molar-refractivity contribution in [3.63, 3.8) is 0 Å².